The molecule has 0 unspecified atom stereocenters. The van der Waals surface area contributed by atoms with Gasteiger partial charge in [0.2, 0.25) is 5.91 Å². The van der Waals surface area contributed by atoms with Gasteiger partial charge in [-0.25, -0.2) is 9.59 Å². The largest absolute Gasteiger partial charge is 0.478 e. The van der Waals surface area contributed by atoms with Crippen LogP contribution in [0.1, 0.15) is 48.9 Å². The Morgan fingerprint density at radius 2 is 1.35 bits per heavy atom. The van der Waals surface area contributed by atoms with E-state index in [9.17, 15) is 14.4 Å². The summed E-state index contributed by atoms with van der Waals surface area (Å²) >= 11 is 0. The van der Waals surface area contributed by atoms with Crippen LogP contribution in [0.15, 0.2) is 48.5 Å². The van der Waals surface area contributed by atoms with Crippen molar-refractivity contribution in [1.29, 1.82) is 0 Å². The number of rotatable bonds is 4. The number of carbonyl (C=O) groups is 3. The Morgan fingerprint density at radius 3 is 1.77 bits per heavy atom. The molecule has 0 fully saturated rings. The fourth-order valence-electron chi connectivity index (χ4n) is 1.71. The number of nitrogen functional groups attached to an aromatic ring is 1. The molecular formula is C19H26N2O5. The van der Waals surface area contributed by atoms with Gasteiger partial charge in [0.15, 0.2) is 0 Å². The molecule has 1 amide bonds. The van der Waals surface area contributed by atoms with Crippen molar-refractivity contribution in [3.05, 3.63) is 59.7 Å². The maximum Gasteiger partial charge on any atom is 0.337 e. The molecule has 0 saturated carbocycles. The van der Waals surface area contributed by atoms with E-state index in [0.29, 0.717) is 17.8 Å². The lowest BCUT2D eigenvalue weighted by atomic mass is 10.2. The first kappa shape index (κ1) is 24.9. The van der Waals surface area contributed by atoms with E-state index in [0.717, 1.165) is 0 Å². The molecule has 142 valence electrons. The minimum absolute atomic E-state index is 0. The summed E-state index contributed by atoms with van der Waals surface area (Å²) in [5, 5.41) is 19.8. The average Bonchev–Trinajstić information content (AvgIpc) is 2.55. The molecule has 0 bridgehead atoms. The highest BCUT2D eigenvalue weighted by molar-refractivity contribution is 6.00. The molecule has 0 aromatic heterocycles. The maximum absolute atomic E-state index is 11.1. The number of para-hydroxylation sites is 2. The monoisotopic (exact) mass is 362 g/mol. The zero-order chi connectivity index (χ0) is 18.1. The molecule has 0 aliphatic rings. The van der Waals surface area contributed by atoms with Crippen molar-refractivity contribution in [3.8, 4) is 0 Å². The number of amides is 1. The molecule has 0 aliphatic carbocycles. The molecule has 0 radical (unpaired) electrons. The number of carboxylic acid groups (broad SMARTS) is 2. The summed E-state index contributed by atoms with van der Waals surface area (Å²) in [5.74, 6) is -2.23. The SMILES string of the molecule is C.C.CCC(=O)Nc1ccccc1C(=O)O.Nc1ccccc1C(=O)O. The minimum Gasteiger partial charge on any atom is -0.478 e. The zero-order valence-electron chi connectivity index (χ0n) is 13.0. The third-order valence-electron chi connectivity index (χ3n) is 2.94. The van der Waals surface area contributed by atoms with Gasteiger partial charge < -0.3 is 21.3 Å². The smallest absolute Gasteiger partial charge is 0.337 e. The van der Waals surface area contributed by atoms with Gasteiger partial charge in [-0.1, -0.05) is 46.0 Å². The first-order valence-electron chi connectivity index (χ1n) is 7.06. The third kappa shape index (κ3) is 7.48. The number of hydrogen-bond acceptors (Lipinski definition) is 4. The van der Waals surface area contributed by atoms with Gasteiger partial charge in [0.05, 0.1) is 16.8 Å². The lowest BCUT2D eigenvalue weighted by Crippen LogP contribution is -2.12. The molecule has 2 aromatic carbocycles. The number of carboxylic acids is 2. The van der Waals surface area contributed by atoms with Crippen molar-refractivity contribution in [2.24, 2.45) is 0 Å². The molecule has 26 heavy (non-hydrogen) atoms. The number of benzene rings is 2. The van der Waals surface area contributed by atoms with Crippen molar-refractivity contribution in [3.63, 3.8) is 0 Å². The zero-order valence-corrected chi connectivity index (χ0v) is 13.0. The highest BCUT2D eigenvalue weighted by atomic mass is 16.4. The van der Waals surface area contributed by atoms with E-state index < -0.39 is 11.9 Å². The van der Waals surface area contributed by atoms with Gasteiger partial charge in [0, 0.05) is 12.1 Å². The lowest BCUT2D eigenvalue weighted by Gasteiger charge is -2.06. The van der Waals surface area contributed by atoms with Crippen LogP contribution in [-0.2, 0) is 4.79 Å². The van der Waals surface area contributed by atoms with Crippen LogP contribution in [0.2, 0.25) is 0 Å². The Kier molecular flexibility index (Phi) is 11.6. The highest BCUT2D eigenvalue weighted by Crippen LogP contribution is 2.14. The van der Waals surface area contributed by atoms with Crippen LogP contribution >= 0.6 is 0 Å². The van der Waals surface area contributed by atoms with Gasteiger partial charge in [-0.15, -0.1) is 0 Å². The fourth-order valence-corrected chi connectivity index (χ4v) is 1.71. The second kappa shape index (κ2) is 12.1. The highest BCUT2D eigenvalue weighted by Gasteiger charge is 2.10. The molecule has 0 aliphatic heterocycles. The molecule has 5 N–H and O–H groups in total. The molecule has 2 rings (SSSR count). The summed E-state index contributed by atoms with van der Waals surface area (Å²) in [5.41, 5.74) is 6.24. The Labute approximate surface area is 153 Å². The van der Waals surface area contributed by atoms with Crippen molar-refractivity contribution < 1.29 is 24.6 Å². The minimum atomic E-state index is -1.04. The quantitative estimate of drug-likeness (QED) is 0.609. The van der Waals surface area contributed by atoms with Crippen LogP contribution < -0.4 is 11.1 Å². The van der Waals surface area contributed by atoms with Gasteiger partial charge in [0.1, 0.15) is 0 Å². The molecule has 7 nitrogen and oxygen atoms in total. The van der Waals surface area contributed by atoms with Gasteiger partial charge in [-0.2, -0.15) is 0 Å². The standard InChI is InChI=1S/C10H11NO3.C7H7NO2.2CH4/c1-2-9(12)11-8-6-4-3-5-7(8)10(13)14;8-6-4-2-1-3-5(6)7(9)10;;/h3-6H,2H2,1H3,(H,11,12)(H,13,14);1-4H,8H2,(H,9,10);2*1H4. The lowest BCUT2D eigenvalue weighted by molar-refractivity contribution is -0.115. The number of anilines is 2. The van der Waals surface area contributed by atoms with E-state index in [4.69, 9.17) is 15.9 Å². The van der Waals surface area contributed by atoms with Crippen LogP contribution in [0, 0.1) is 0 Å². The van der Waals surface area contributed by atoms with Gasteiger partial charge >= 0.3 is 11.9 Å². The number of nitrogens with one attached hydrogen (secondary N) is 1. The van der Waals surface area contributed by atoms with Gasteiger partial charge in [-0.3, -0.25) is 4.79 Å². The summed E-state index contributed by atoms with van der Waals surface area (Å²) in [7, 11) is 0. The first-order valence-corrected chi connectivity index (χ1v) is 7.06. The number of carbonyl (C=O) groups excluding carboxylic acids is 1. The fraction of sp³-hybridized carbons (Fsp3) is 0.211. The molecule has 0 saturated heterocycles. The summed E-state index contributed by atoms with van der Waals surface area (Å²) in [6, 6.07) is 12.7. The second-order valence-corrected chi connectivity index (χ2v) is 4.64. The summed E-state index contributed by atoms with van der Waals surface area (Å²) in [6.07, 6.45) is 0.327. The first-order chi connectivity index (χ1) is 11.4. The van der Waals surface area contributed by atoms with E-state index in [1.165, 1.54) is 12.1 Å². The second-order valence-electron chi connectivity index (χ2n) is 4.64. The Bertz CT molecular complexity index is 744. The maximum atomic E-state index is 11.1. The third-order valence-corrected chi connectivity index (χ3v) is 2.94. The van der Waals surface area contributed by atoms with Crippen molar-refractivity contribution in [2.75, 3.05) is 11.1 Å². The summed E-state index contributed by atoms with van der Waals surface area (Å²) in [6.45, 7) is 1.71. The van der Waals surface area contributed by atoms with E-state index in [1.54, 1.807) is 43.3 Å². The summed E-state index contributed by atoms with van der Waals surface area (Å²) in [4.78, 5) is 32.1. The molecule has 0 atom stereocenters. The predicted octanol–water partition coefficient (Wildman–Crippen LogP) is 3.97. The summed E-state index contributed by atoms with van der Waals surface area (Å²) < 4.78 is 0. The van der Waals surface area contributed by atoms with E-state index >= 15 is 0 Å². The normalized spacial score (nSPS) is 8.65. The van der Waals surface area contributed by atoms with Crippen LogP contribution in [-0.4, -0.2) is 28.1 Å². The molecular weight excluding hydrogens is 336 g/mol. The number of aromatic carboxylic acids is 2. The van der Waals surface area contributed by atoms with Crippen molar-refractivity contribution in [2.45, 2.75) is 28.2 Å². The predicted molar refractivity (Wildman–Crippen MR) is 104 cm³/mol. The van der Waals surface area contributed by atoms with Gasteiger partial charge in [0.25, 0.3) is 0 Å². The topological polar surface area (TPSA) is 130 Å². The molecule has 0 spiro atoms. The molecule has 7 heteroatoms. The van der Waals surface area contributed by atoms with Crippen LogP contribution in [0.3, 0.4) is 0 Å². The van der Waals surface area contributed by atoms with Crippen LogP contribution in [0.25, 0.3) is 0 Å². The Hall–Kier alpha value is -3.35. The number of hydrogen-bond donors (Lipinski definition) is 4. The van der Waals surface area contributed by atoms with Crippen LogP contribution in [0.4, 0.5) is 11.4 Å². The average molecular weight is 362 g/mol. The van der Waals surface area contributed by atoms with E-state index in [2.05, 4.69) is 5.32 Å². The molecule has 2 aromatic rings. The van der Waals surface area contributed by atoms with E-state index in [-0.39, 0.29) is 31.9 Å². The van der Waals surface area contributed by atoms with Crippen molar-refractivity contribution >= 4 is 29.2 Å². The van der Waals surface area contributed by atoms with Gasteiger partial charge in [-0.05, 0) is 24.3 Å². The molecule has 0 heterocycles. The Balaban J connectivity index is 0. The Morgan fingerprint density at radius 1 is 0.885 bits per heavy atom. The van der Waals surface area contributed by atoms with Crippen molar-refractivity contribution in [1.82, 2.24) is 0 Å². The van der Waals surface area contributed by atoms with E-state index in [1.807, 2.05) is 0 Å². The number of nitrogens with two attached hydrogens (primary N) is 1. The van der Waals surface area contributed by atoms with Crippen LogP contribution in [0.5, 0.6) is 0 Å².